The Balaban J connectivity index is 1.39. The van der Waals surface area contributed by atoms with Gasteiger partial charge in [0.1, 0.15) is 24.3 Å². The van der Waals surface area contributed by atoms with E-state index in [0.29, 0.717) is 22.6 Å². The van der Waals surface area contributed by atoms with Crippen LogP contribution in [0, 0.1) is 0 Å². The minimum Gasteiger partial charge on any atom is -0.480 e. The number of benzene rings is 1. The van der Waals surface area contributed by atoms with Crippen molar-refractivity contribution in [1.82, 2.24) is 29.5 Å². The van der Waals surface area contributed by atoms with E-state index >= 15 is 0 Å². The highest BCUT2D eigenvalue weighted by atomic mass is 19.4. The van der Waals surface area contributed by atoms with Crippen LogP contribution >= 0.6 is 0 Å². The molecule has 0 atom stereocenters. The van der Waals surface area contributed by atoms with Gasteiger partial charge in [-0.2, -0.15) is 18.2 Å². The van der Waals surface area contributed by atoms with Crippen LogP contribution in [0.2, 0.25) is 0 Å². The lowest BCUT2D eigenvalue weighted by Crippen LogP contribution is -2.06. The summed E-state index contributed by atoms with van der Waals surface area (Å²) in [6.45, 7) is -1.09. The average Bonchev–Trinajstić information content (AvgIpc) is 3.68. The summed E-state index contributed by atoms with van der Waals surface area (Å²) in [6.07, 6.45) is 1.09. The third-order valence-corrected chi connectivity index (χ3v) is 5.91. The molecular formula is C25H22F4N6O3. The SMILES string of the molecule is COc1ncnc(C2CC2)c1-c1ncc(OCF)c(OCc2ccc(-c3nc(C(F)(F)F)cn3C)cc2)n1. The first-order valence-electron chi connectivity index (χ1n) is 11.6. The van der Waals surface area contributed by atoms with Gasteiger partial charge in [0.15, 0.2) is 11.5 Å². The zero-order valence-corrected chi connectivity index (χ0v) is 20.4. The van der Waals surface area contributed by atoms with Gasteiger partial charge in [0.05, 0.1) is 19.0 Å². The summed E-state index contributed by atoms with van der Waals surface area (Å²) in [5.74, 6) is 0.991. The molecule has 1 saturated carbocycles. The predicted molar refractivity (Wildman–Crippen MR) is 126 cm³/mol. The van der Waals surface area contributed by atoms with Gasteiger partial charge < -0.3 is 18.8 Å². The van der Waals surface area contributed by atoms with E-state index in [1.165, 1.54) is 31.2 Å². The number of nitrogens with zero attached hydrogens (tertiary/aromatic N) is 6. The van der Waals surface area contributed by atoms with Crippen LogP contribution in [0.5, 0.6) is 17.5 Å². The first kappa shape index (κ1) is 25.4. The van der Waals surface area contributed by atoms with E-state index in [0.717, 1.165) is 24.7 Å². The second-order valence-electron chi connectivity index (χ2n) is 8.58. The summed E-state index contributed by atoms with van der Waals surface area (Å²) in [7, 11) is 2.98. The molecule has 4 aromatic rings. The maximum atomic E-state index is 13.0. The molecule has 0 N–H and O–H groups in total. The third-order valence-electron chi connectivity index (χ3n) is 5.91. The van der Waals surface area contributed by atoms with Gasteiger partial charge in [0.2, 0.25) is 18.5 Å². The van der Waals surface area contributed by atoms with Crippen LogP contribution in [-0.2, 0) is 19.8 Å². The summed E-state index contributed by atoms with van der Waals surface area (Å²) in [4.78, 5) is 21.0. The molecule has 3 aromatic heterocycles. The fourth-order valence-electron chi connectivity index (χ4n) is 3.92. The highest BCUT2D eigenvalue weighted by Crippen LogP contribution is 2.45. The third kappa shape index (κ3) is 5.22. The van der Waals surface area contributed by atoms with Gasteiger partial charge in [-0.3, -0.25) is 0 Å². The summed E-state index contributed by atoms with van der Waals surface area (Å²) < 4.78 is 69.6. The van der Waals surface area contributed by atoms with Gasteiger partial charge in [-0.1, -0.05) is 24.3 Å². The van der Waals surface area contributed by atoms with E-state index in [4.69, 9.17) is 14.2 Å². The maximum absolute atomic E-state index is 13.0. The molecule has 5 rings (SSSR count). The fourth-order valence-corrected chi connectivity index (χ4v) is 3.92. The molecule has 13 heteroatoms. The Morgan fingerprint density at radius 3 is 2.39 bits per heavy atom. The van der Waals surface area contributed by atoms with Crippen LogP contribution in [-0.4, -0.2) is 43.5 Å². The van der Waals surface area contributed by atoms with Crippen molar-refractivity contribution in [2.45, 2.75) is 31.5 Å². The van der Waals surface area contributed by atoms with E-state index in [9.17, 15) is 17.6 Å². The van der Waals surface area contributed by atoms with Gasteiger partial charge in [-0.25, -0.2) is 24.3 Å². The second-order valence-corrected chi connectivity index (χ2v) is 8.58. The molecule has 0 radical (unpaired) electrons. The Kier molecular flexibility index (Phi) is 6.83. The zero-order valence-electron chi connectivity index (χ0n) is 20.4. The van der Waals surface area contributed by atoms with E-state index in [1.807, 2.05) is 0 Å². The lowest BCUT2D eigenvalue weighted by molar-refractivity contribution is -0.140. The molecule has 3 heterocycles. The van der Waals surface area contributed by atoms with E-state index < -0.39 is 18.7 Å². The lowest BCUT2D eigenvalue weighted by atomic mass is 10.1. The van der Waals surface area contributed by atoms with Crippen molar-refractivity contribution in [3.8, 4) is 40.3 Å². The maximum Gasteiger partial charge on any atom is 0.434 e. The van der Waals surface area contributed by atoms with Crippen molar-refractivity contribution in [1.29, 1.82) is 0 Å². The van der Waals surface area contributed by atoms with Crippen molar-refractivity contribution < 1.29 is 31.8 Å². The average molecular weight is 530 g/mol. The van der Waals surface area contributed by atoms with Gasteiger partial charge in [0, 0.05) is 24.7 Å². The van der Waals surface area contributed by atoms with Gasteiger partial charge in [0.25, 0.3) is 5.88 Å². The van der Waals surface area contributed by atoms with Crippen LogP contribution in [0.15, 0.2) is 43.0 Å². The summed E-state index contributed by atoms with van der Waals surface area (Å²) >= 11 is 0. The number of methoxy groups -OCH3 is 1. The number of aromatic nitrogens is 6. The molecule has 1 aliphatic carbocycles. The highest BCUT2D eigenvalue weighted by Gasteiger charge is 2.34. The molecule has 0 aliphatic heterocycles. The molecule has 0 unspecified atom stereocenters. The summed E-state index contributed by atoms with van der Waals surface area (Å²) in [5, 5.41) is 0. The Labute approximate surface area is 214 Å². The highest BCUT2D eigenvalue weighted by molar-refractivity contribution is 5.66. The number of hydrogen-bond acceptors (Lipinski definition) is 8. The number of ether oxygens (including phenoxy) is 3. The standard InChI is InChI=1S/C25H22F4N6O3/c1-35-10-18(25(27,28)29)33-22(35)16-5-3-14(4-6-16)11-37-23-17(38-12-26)9-30-21(34-23)19-20(15-7-8-15)31-13-32-24(19)36-2/h3-6,9-10,13,15H,7-8,11-12H2,1-2H3. The zero-order chi connectivity index (χ0) is 26.9. The first-order chi connectivity index (χ1) is 18.3. The molecule has 1 aliphatic rings. The van der Waals surface area contributed by atoms with Crippen molar-refractivity contribution >= 4 is 0 Å². The molecule has 198 valence electrons. The molecule has 0 spiro atoms. The minimum atomic E-state index is -4.53. The van der Waals surface area contributed by atoms with E-state index in [2.05, 4.69) is 24.9 Å². The van der Waals surface area contributed by atoms with Crippen molar-refractivity contribution in [2.75, 3.05) is 14.0 Å². The van der Waals surface area contributed by atoms with Gasteiger partial charge in [-0.15, -0.1) is 0 Å². The molecule has 0 bridgehead atoms. The summed E-state index contributed by atoms with van der Waals surface area (Å²) in [5.41, 5.74) is 1.52. The topological polar surface area (TPSA) is 97.1 Å². The number of aryl methyl sites for hydroxylation is 1. The van der Waals surface area contributed by atoms with Crippen molar-refractivity contribution in [2.24, 2.45) is 7.05 Å². The fraction of sp³-hybridized carbons (Fsp3) is 0.320. The number of hydrogen-bond donors (Lipinski definition) is 0. The van der Waals surface area contributed by atoms with Crippen LogP contribution in [0.3, 0.4) is 0 Å². The largest absolute Gasteiger partial charge is 0.480 e. The molecular weight excluding hydrogens is 508 g/mol. The van der Waals surface area contributed by atoms with Crippen LogP contribution in [0.1, 0.15) is 35.7 Å². The molecule has 1 aromatic carbocycles. The Morgan fingerprint density at radius 2 is 1.76 bits per heavy atom. The number of rotatable bonds is 9. The normalized spacial score (nSPS) is 13.4. The molecule has 0 saturated heterocycles. The van der Waals surface area contributed by atoms with Crippen LogP contribution in [0.25, 0.3) is 22.8 Å². The van der Waals surface area contributed by atoms with E-state index in [-0.39, 0.29) is 35.8 Å². The number of alkyl halides is 4. The summed E-state index contributed by atoms with van der Waals surface area (Å²) in [6, 6.07) is 6.65. The second kappa shape index (κ2) is 10.2. The van der Waals surface area contributed by atoms with Gasteiger partial charge >= 0.3 is 6.18 Å². The Hall–Kier alpha value is -4.29. The smallest absolute Gasteiger partial charge is 0.434 e. The molecule has 0 amide bonds. The quantitative estimate of drug-likeness (QED) is 0.275. The molecule has 1 fully saturated rings. The van der Waals surface area contributed by atoms with Crippen LogP contribution in [0.4, 0.5) is 17.6 Å². The van der Waals surface area contributed by atoms with E-state index in [1.54, 1.807) is 24.3 Å². The monoisotopic (exact) mass is 530 g/mol. The first-order valence-corrected chi connectivity index (χ1v) is 11.6. The Bertz CT molecular complexity index is 1440. The Morgan fingerprint density at radius 1 is 1.00 bits per heavy atom. The molecule has 9 nitrogen and oxygen atoms in total. The predicted octanol–water partition coefficient (Wildman–Crippen LogP) is 5.12. The lowest BCUT2D eigenvalue weighted by Gasteiger charge is -2.14. The van der Waals surface area contributed by atoms with Crippen molar-refractivity contribution in [3.05, 3.63) is 59.9 Å². The van der Waals surface area contributed by atoms with Crippen molar-refractivity contribution in [3.63, 3.8) is 0 Å². The number of imidazole rings is 1. The minimum absolute atomic E-state index is 0.00306. The number of halogens is 4. The van der Waals surface area contributed by atoms with Gasteiger partial charge in [-0.05, 0) is 18.4 Å². The van der Waals surface area contributed by atoms with Crippen LogP contribution < -0.4 is 14.2 Å². The molecule has 38 heavy (non-hydrogen) atoms.